The fourth-order valence-corrected chi connectivity index (χ4v) is 4.60. The summed E-state index contributed by atoms with van der Waals surface area (Å²) in [6, 6.07) is 13.5. The van der Waals surface area contributed by atoms with Crippen molar-refractivity contribution in [1.29, 1.82) is 0 Å². The summed E-state index contributed by atoms with van der Waals surface area (Å²) in [4.78, 5) is 26.9. The van der Waals surface area contributed by atoms with Crippen LogP contribution < -0.4 is 5.32 Å². The molecule has 2 aromatic carbocycles. The molecule has 1 saturated heterocycles. The van der Waals surface area contributed by atoms with Gasteiger partial charge in [-0.1, -0.05) is 6.07 Å². The Labute approximate surface area is 178 Å². The van der Waals surface area contributed by atoms with Gasteiger partial charge in [-0.3, -0.25) is 15.0 Å². The first-order chi connectivity index (χ1) is 14.6. The van der Waals surface area contributed by atoms with Crippen molar-refractivity contribution < 1.29 is 18.7 Å². The van der Waals surface area contributed by atoms with Gasteiger partial charge in [-0.2, -0.15) is 0 Å². The van der Waals surface area contributed by atoms with Crippen LogP contribution in [0.15, 0.2) is 53.9 Å². The molecule has 30 heavy (non-hydrogen) atoms. The fraction of sp³-hybridized carbons (Fsp3) is 0.304. The van der Waals surface area contributed by atoms with Crippen LogP contribution >= 0.6 is 11.3 Å². The van der Waals surface area contributed by atoms with Gasteiger partial charge in [0, 0.05) is 28.1 Å². The Hall–Kier alpha value is -2.77. The van der Waals surface area contributed by atoms with E-state index in [1.807, 2.05) is 29.6 Å². The maximum Gasteiger partial charge on any atom is 0.411 e. The van der Waals surface area contributed by atoms with E-state index in [1.165, 1.54) is 12.1 Å². The zero-order valence-electron chi connectivity index (χ0n) is 16.5. The number of nitrogens with zero attached hydrogens (tertiary/aromatic N) is 1. The van der Waals surface area contributed by atoms with Crippen LogP contribution in [0.25, 0.3) is 10.1 Å². The molecule has 1 aliphatic rings. The number of hydrogen-bond acceptors (Lipinski definition) is 5. The summed E-state index contributed by atoms with van der Waals surface area (Å²) < 4.78 is 19.5. The van der Waals surface area contributed by atoms with E-state index in [0.717, 1.165) is 41.7 Å². The average Bonchev–Trinajstić information content (AvgIpc) is 3.24. The SMILES string of the molecule is O=C(Nc1cccc2sccc12)OCCN1CCC(C(=O)c2ccc(F)cc2)CC1. The summed E-state index contributed by atoms with van der Waals surface area (Å²) in [6.07, 6.45) is 1.04. The van der Waals surface area contributed by atoms with Gasteiger partial charge in [0.15, 0.2) is 5.78 Å². The largest absolute Gasteiger partial charge is 0.448 e. The molecule has 5 nitrogen and oxygen atoms in total. The van der Waals surface area contributed by atoms with Crippen LogP contribution in [0.1, 0.15) is 23.2 Å². The molecule has 1 aliphatic heterocycles. The van der Waals surface area contributed by atoms with Gasteiger partial charge in [0.2, 0.25) is 0 Å². The minimum atomic E-state index is -0.463. The van der Waals surface area contributed by atoms with E-state index < -0.39 is 6.09 Å². The van der Waals surface area contributed by atoms with Crippen molar-refractivity contribution in [1.82, 2.24) is 4.90 Å². The second-order valence-corrected chi connectivity index (χ2v) is 8.33. The zero-order chi connectivity index (χ0) is 20.9. The number of ketones is 1. The van der Waals surface area contributed by atoms with Crippen LogP contribution in [0.3, 0.4) is 0 Å². The summed E-state index contributed by atoms with van der Waals surface area (Å²) in [7, 11) is 0. The minimum Gasteiger partial charge on any atom is -0.448 e. The van der Waals surface area contributed by atoms with E-state index in [9.17, 15) is 14.0 Å². The van der Waals surface area contributed by atoms with Gasteiger partial charge in [0.25, 0.3) is 0 Å². The van der Waals surface area contributed by atoms with E-state index >= 15 is 0 Å². The minimum absolute atomic E-state index is 0.0398. The first-order valence-corrected chi connectivity index (χ1v) is 10.9. The van der Waals surface area contributed by atoms with Crippen molar-refractivity contribution in [3.8, 4) is 0 Å². The van der Waals surface area contributed by atoms with E-state index in [0.29, 0.717) is 18.7 Å². The Kier molecular flexibility index (Phi) is 6.40. The standard InChI is InChI=1S/C23H23FN2O3S/c24-18-6-4-16(5-7-18)22(27)17-8-11-26(12-9-17)13-14-29-23(28)25-20-2-1-3-21-19(20)10-15-30-21/h1-7,10,15,17H,8-9,11-14H2,(H,25,28). The molecule has 4 rings (SSSR count). The van der Waals surface area contributed by atoms with Gasteiger partial charge in [0.05, 0.1) is 5.69 Å². The number of benzene rings is 2. The van der Waals surface area contributed by atoms with Crippen LogP contribution in [0.2, 0.25) is 0 Å². The predicted octanol–water partition coefficient (Wildman–Crippen LogP) is 5.18. The molecule has 7 heteroatoms. The zero-order valence-corrected chi connectivity index (χ0v) is 17.3. The van der Waals surface area contributed by atoms with Crippen molar-refractivity contribution in [2.24, 2.45) is 5.92 Å². The Morgan fingerprint density at radius 3 is 2.63 bits per heavy atom. The molecule has 3 aromatic rings. The maximum absolute atomic E-state index is 13.0. The molecule has 0 radical (unpaired) electrons. The van der Waals surface area contributed by atoms with E-state index in [4.69, 9.17) is 4.74 Å². The van der Waals surface area contributed by atoms with Gasteiger partial charge in [-0.15, -0.1) is 11.3 Å². The lowest BCUT2D eigenvalue weighted by Crippen LogP contribution is -2.38. The Morgan fingerprint density at radius 1 is 1.10 bits per heavy atom. The molecule has 0 unspecified atom stereocenters. The highest BCUT2D eigenvalue weighted by Gasteiger charge is 2.25. The Bertz CT molecular complexity index is 1030. The number of fused-ring (bicyclic) bond motifs is 1. The third kappa shape index (κ3) is 4.86. The highest BCUT2D eigenvalue weighted by atomic mass is 32.1. The molecule has 0 atom stereocenters. The number of amides is 1. The predicted molar refractivity (Wildman–Crippen MR) is 117 cm³/mol. The van der Waals surface area contributed by atoms with Crippen LogP contribution in [-0.2, 0) is 4.74 Å². The van der Waals surface area contributed by atoms with Crippen molar-refractivity contribution in [2.75, 3.05) is 31.6 Å². The smallest absolute Gasteiger partial charge is 0.411 e. The van der Waals surface area contributed by atoms with Gasteiger partial charge in [0.1, 0.15) is 12.4 Å². The van der Waals surface area contributed by atoms with Gasteiger partial charge in [-0.05, 0) is 73.8 Å². The molecule has 156 valence electrons. The van der Waals surface area contributed by atoms with Gasteiger partial charge < -0.3 is 4.74 Å². The third-order valence-corrected chi connectivity index (χ3v) is 6.34. The molecule has 1 fully saturated rings. The summed E-state index contributed by atoms with van der Waals surface area (Å²) in [5.74, 6) is -0.299. The molecule has 0 spiro atoms. The number of thiophene rings is 1. The number of anilines is 1. The number of nitrogens with one attached hydrogen (secondary N) is 1. The maximum atomic E-state index is 13.0. The normalized spacial score (nSPS) is 15.2. The first-order valence-electron chi connectivity index (χ1n) is 10.0. The quantitative estimate of drug-likeness (QED) is 0.552. The summed E-state index contributed by atoms with van der Waals surface area (Å²) >= 11 is 1.63. The second kappa shape index (κ2) is 9.36. The summed E-state index contributed by atoms with van der Waals surface area (Å²) in [5, 5.41) is 5.81. The van der Waals surface area contributed by atoms with Crippen molar-refractivity contribution in [3.63, 3.8) is 0 Å². The number of rotatable bonds is 6. The Balaban J connectivity index is 1.19. The van der Waals surface area contributed by atoms with E-state index in [-0.39, 0.29) is 17.5 Å². The van der Waals surface area contributed by atoms with Gasteiger partial charge in [-0.25, -0.2) is 9.18 Å². The van der Waals surface area contributed by atoms with Crippen LogP contribution in [-0.4, -0.2) is 43.0 Å². The monoisotopic (exact) mass is 426 g/mol. The van der Waals surface area contributed by atoms with Crippen molar-refractivity contribution in [3.05, 3.63) is 65.3 Å². The Morgan fingerprint density at radius 2 is 1.87 bits per heavy atom. The molecule has 0 aliphatic carbocycles. The molecular formula is C23H23FN2O3S. The number of likely N-dealkylation sites (tertiary alicyclic amines) is 1. The molecule has 1 aromatic heterocycles. The number of hydrogen-bond donors (Lipinski definition) is 1. The molecule has 2 heterocycles. The third-order valence-electron chi connectivity index (χ3n) is 5.46. The molecular weight excluding hydrogens is 403 g/mol. The van der Waals surface area contributed by atoms with E-state index in [1.54, 1.807) is 23.5 Å². The highest BCUT2D eigenvalue weighted by molar-refractivity contribution is 7.17. The van der Waals surface area contributed by atoms with E-state index in [2.05, 4.69) is 10.2 Å². The number of halogens is 1. The number of ether oxygens (including phenoxy) is 1. The van der Waals surface area contributed by atoms with Crippen molar-refractivity contribution in [2.45, 2.75) is 12.8 Å². The van der Waals surface area contributed by atoms with Crippen LogP contribution in [0.5, 0.6) is 0 Å². The number of Topliss-reactive ketones (excluding diaryl/α,β-unsaturated/α-hetero) is 1. The van der Waals surface area contributed by atoms with Crippen LogP contribution in [0, 0.1) is 11.7 Å². The summed E-state index contributed by atoms with van der Waals surface area (Å²) in [5.41, 5.74) is 1.31. The topological polar surface area (TPSA) is 58.6 Å². The number of carbonyl (C=O) groups is 2. The van der Waals surface area contributed by atoms with Crippen LogP contribution in [0.4, 0.5) is 14.9 Å². The van der Waals surface area contributed by atoms with Crippen molar-refractivity contribution >= 4 is 39.0 Å². The molecule has 0 bridgehead atoms. The first kappa shape index (κ1) is 20.5. The number of piperidine rings is 1. The average molecular weight is 427 g/mol. The van der Waals surface area contributed by atoms with Gasteiger partial charge >= 0.3 is 6.09 Å². The second-order valence-electron chi connectivity index (χ2n) is 7.39. The summed E-state index contributed by atoms with van der Waals surface area (Å²) in [6.45, 7) is 2.48. The highest BCUT2D eigenvalue weighted by Crippen LogP contribution is 2.28. The molecule has 1 N–H and O–H groups in total. The molecule has 1 amide bonds. The fourth-order valence-electron chi connectivity index (χ4n) is 3.79. The number of carbonyl (C=O) groups excluding carboxylic acids is 2. The lowest BCUT2D eigenvalue weighted by molar-refractivity contribution is 0.0813. The lowest BCUT2D eigenvalue weighted by Gasteiger charge is -2.31. The molecule has 0 saturated carbocycles. The lowest BCUT2D eigenvalue weighted by atomic mass is 9.89.